The van der Waals surface area contributed by atoms with Gasteiger partial charge < -0.3 is 0 Å². The van der Waals surface area contributed by atoms with E-state index in [4.69, 9.17) is 0 Å². The van der Waals surface area contributed by atoms with Crippen molar-refractivity contribution in [2.75, 3.05) is 0 Å². The third-order valence-corrected chi connectivity index (χ3v) is 4.59. The van der Waals surface area contributed by atoms with Crippen LogP contribution < -0.4 is 23.0 Å². The maximum Gasteiger partial charge on any atom is 1.00 e. The van der Waals surface area contributed by atoms with Crippen molar-refractivity contribution in [3.05, 3.63) is 0 Å². The predicted molar refractivity (Wildman–Crippen MR) is 42.0 cm³/mol. The Morgan fingerprint density at radius 3 is 1.18 bits per heavy atom. The molecule has 0 heterocycles. The molecule has 0 aliphatic carbocycles. The Kier molecular flexibility index (Phi) is 6.55. The van der Waals surface area contributed by atoms with Crippen LogP contribution in [0.2, 0.25) is 0 Å². The summed E-state index contributed by atoms with van der Waals surface area (Å²) in [6.45, 7) is 0. The molecule has 0 bridgehead atoms. The van der Waals surface area contributed by atoms with Crippen LogP contribution in [0.5, 0.6) is 0 Å². The standard InChI is InChI=1S/C4F10NO4S2.Li/c5-1(6,2(7,8)9)3(10,11)20(16,17)15-21(18,19)4(12,13)14;/q;+1. The Morgan fingerprint density at radius 2 is 0.955 bits per heavy atom. The fourth-order valence-electron chi connectivity index (χ4n) is 0.545. The summed E-state index contributed by atoms with van der Waals surface area (Å²) in [7, 11) is -15.0. The van der Waals surface area contributed by atoms with Crippen LogP contribution in [0.1, 0.15) is 0 Å². The van der Waals surface area contributed by atoms with Crippen molar-refractivity contribution in [1.29, 1.82) is 0 Å². The van der Waals surface area contributed by atoms with E-state index in [0.29, 0.717) is 4.13 Å². The van der Waals surface area contributed by atoms with E-state index in [0.717, 1.165) is 0 Å². The Morgan fingerprint density at radius 1 is 0.636 bits per heavy atom. The Hall–Kier alpha value is -0.243. The zero-order valence-electron chi connectivity index (χ0n) is 9.68. The van der Waals surface area contributed by atoms with Gasteiger partial charge in [0.2, 0.25) is 0 Å². The van der Waals surface area contributed by atoms with Crippen molar-refractivity contribution in [2.24, 2.45) is 0 Å². The first-order valence-electron chi connectivity index (χ1n) is 3.83. The van der Waals surface area contributed by atoms with E-state index in [1.54, 1.807) is 0 Å². The van der Waals surface area contributed by atoms with Crippen LogP contribution in [0.15, 0.2) is 0 Å². The summed E-state index contributed by atoms with van der Waals surface area (Å²) in [5.74, 6) is -7.39. The number of hydrogen-bond donors (Lipinski definition) is 0. The second-order valence-corrected chi connectivity index (χ2v) is 6.53. The number of sulfonamides is 2. The summed E-state index contributed by atoms with van der Waals surface area (Å²) in [5, 5.41) is -7.28. The minimum absolute atomic E-state index is 0. The normalized spacial score (nSPS) is 15.4. The van der Waals surface area contributed by atoms with Gasteiger partial charge in [-0.3, -0.25) is 0 Å². The Bertz CT molecular complexity index is 604. The molecule has 5 nitrogen and oxygen atoms in total. The van der Waals surface area contributed by atoms with E-state index >= 15 is 0 Å². The fraction of sp³-hybridized carbons (Fsp3) is 1.00. The molecule has 0 atom stereocenters. The zero-order chi connectivity index (χ0) is 17.7. The second-order valence-electron chi connectivity index (χ2n) is 3.06. The number of hydrogen-bond acceptors (Lipinski definition) is 4. The van der Waals surface area contributed by atoms with E-state index in [2.05, 4.69) is 0 Å². The molecule has 22 heavy (non-hydrogen) atoms. The van der Waals surface area contributed by atoms with Gasteiger partial charge in [-0.2, -0.15) is 43.9 Å². The number of rotatable bonds is 4. The first kappa shape index (κ1) is 24.0. The van der Waals surface area contributed by atoms with Gasteiger partial charge in [0.25, 0.3) is 0 Å². The largest absolute Gasteiger partial charge is 1.00 e. The van der Waals surface area contributed by atoms with Crippen molar-refractivity contribution in [2.45, 2.75) is 22.9 Å². The van der Waals surface area contributed by atoms with Crippen molar-refractivity contribution >= 4 is 20.0 Å². The minimum Gasteiger partial charge on any atom is -0.203 e. The Labute approximate surface area is 127 Å². The molecule has 0 aromatic heterocycles. The minimum atomic E-state index is -7.73. The van der Waals surface area contributed by atoms with Gasteiger partial charge in [-0.15, -0.1) is 0 Å². The summed E-state index contributed by atoms with van der Waals surface area (Å²) in [6, 6.07) is 0. The molecule has 0 aliphatic heterocycles. The van der Waals surface area contributed by atoms with Gasteiger partial charge in [-0.1, -0.05) is 0 Å². The maximum atomic E-state index is 12.6. The van der Waals surface area contributed by atoms with Crippen LogP contribution in [0.25, 0.3) is 0 Å². The van der Waals surface area contributed by atoms with E-state index < -0.39 is 42.9 Å². The molecule has 0 aromatic rings. The molecule has 0 amide bonds. The topological polar surface area (TPSA) is 82.4 Å². The second kappa shape index (κ2) is 6.00. The number of nitrogens with zero attached hydrogens (tertiary/aromatic N) is 1. The van der Waals surface area contributed by atoms with E-state index in [9.17, 15) is 60.7 Å². The van der Waals surface area contributed by atoms with E-state index in [1.807, 2.05) is 0 Å². The summed E-state index contributed by atoms with van der Waals surface area (Å²) >= 11 is 0. The molecule has 0 unspecified atom stereocenters. The SMILES string of the molecule is O=S(=O)([N]S(=O)(=O)C(F)(F)C(F)(F)C(F)(F)F)C(F)(F)F.[Li+]. The van der Waals surface area contributed by atoms with Crippen molar-refractivity contribution in [3.8, 4) is 0 Å². The van der Waals surface area contributed by atoms with Gasteiger partial charge in [0.05, 0.1) is 0 Å². The first-order chi connectivity index (χ1) is 8.71. The van der Waals surface area contributed by atoms with Gasteiger partial charge in [0, 0.05) is 4.13 Å². The Balaban J connectivity index is 0. The van der Waals surface area contributed by atoms with Gasteiger partial charge in [-0.25, -0.2) is 16.8 Å². The van der Waals surface area contributed by atoms with Crippen molar-refractivity contribution in [3.63, 3.8) is 0 Å². The van der Waals surface area contributed by atoms with Gasteiger partial charge in [0.1, 0.15) is 0 Å². The fourth-order valence-corrected chi connectivity index (χ4v) is 2.73. The zero-order valence-corrected chi connectivity index (χ0v) is 11.3. The molecule has 18 heteroatoms. The molecule has 0 saturated carbocycles. The molecular formula is C4F10LiNO4S2+. The predicted octanol–water partition coefficient (Wildman–Crippen LogP) is -1.44. The maximum absolute atomic E-state index is 12.6. The van der Waals surface area contributed by atoms with E-state index in [1.165, 1.54) is 0 Å². The van der Waals surface area contributed by atoms with Gasteiger partial charge >= 0.3 is 61.8 Å². The monoisotopic (exact) mass is 387 g/mol. The molecule has 0 N–H and O–H groups in total. The average molecular weight is 387 g/mol. The molecule has 0 saturated heterocycles. The molecule has 0 aromatic carbocycles. The average Bonchev–Trinajstić information content (AvgIpc) is 2.11. The van der Waals surface area contributed by atoms with Gasteiger partial charge in [-0.05, 0) is 0 Å². The van der Waals surface area contributed by atoms with Crippen LogP contribution in [0.4, 0.5) is 43.9 Å². The smallest absolute Gasteiger partial charge is 0.203 e. The summed E-state index contributed by atoms with van der Waals surface area (Å²) < 4.78 is 161. The molecule has 1 radical (unpaired) electrons. The summed E-state index contributed by atoms with van der Waals surface area (Å²) in [6.07, 6.45) is -7.21. The van der Waals surface area contributed by atoms with Crippen LogP contribution >= 0.6 is 0 Å². The van der Waals surface area contributed by atoms with Crippen LogP contribution in [-0.2, 0) is 20.0 Å². The molecule has 0 spiro atoms. The van der Waals surface area contributed by atoms with Gasteiger partial charge in [0.15, 0.2) is 0 Å². The van der Waals surface area contributed by atoms with Crippen LogP contribution in [0.3, 0.4) is 0 Å². The quantitative estimate of drug-likeness (QED) is 0.438. The number of alkyl halides is 10. The molecule has 127 valence electrons. The summed E-state index contributed by atoms with van der Waals surface area (Å²) in [5.41, 5.74) is -6.61. The van der Waals surface area contributed by atoms with E-state index in [-0.39, 0.29) is 18.9 Å². The third-order valence-electron chi connectivity index (χ3n) is 1.53. The summed E-state index contributed by atoms with van der Waals surface area (Å²) in [4.78, 5) is 0. The molecule has 0 rings (SSSR count). The van der Waals surface area contributed by atoms with Crippen molar-refractivity contribution < 1.29 is 79.6 Å². The van der Waals surface area contributed by atoms with Crippen LogP contribution in [-0.4, -0.2) is 39.7 Å². The molecule has 0 aliphatic rings. The van der Waals surface area contributed by atoms with Crippen LogP contribution in [0, 0.1) is 0 Å². The first-order valence-corrected chi connectivity index (χ1v) is 6.71. The molecular weight excluding hydrogens is 387 g/mol. The molecule has 0 fully saturated rings. The van der Waals surface area contributed by atoms with Crippen molar-refractivity contribution in [1.82, 2.24) is 4.13 Å². The third kappa shape index (κ3) is 3.99. The number of halogens is 10.